The summed E-state index contributed by atoms with van der Waals surface area (Å²) in [7, 11) is 0. The van der Waals surface area contributed by atoms with Crippen LogP contribution in [0.5, 0.6) is 0 Å². The van der Waals surface area contributed by atoms with Crippen LogP contribution in [-0.2, 0) is 20.7 Å². The van der Waals surface area contributed by atoms with Crippen LogP contribution in [-0.4, -0.2) is 43.8 Å². The highest BCUT2D eigenvalue weighted by atomic mass is 79.9. The zero-order valence-electron chi connectivity index (χ0n) is 12.9. The molecule has 0 saturated carbocycles. The third-order valence-electron chi connectivity index (χ3n) is 3.67. The normalized spacial score (nSPS) is 15.5. The van der Waals surface area contributed by atoms with Crippen molar-refractivity contribution in [3.63, 3.8) is 0 Å². The zero-order chi connectivity index (χ0) is 15.9. The molecule has 0 aromatic heterocycles. The number of nitrogens with zero attached hydrogens (tertiary/aromatic N) is 1. The Kier molecular flexibility index (Phi) is 6.46. The molecule has 0 spiro atoms. The molecule has 0 radical (unpaired) electrons. The van der Waals surface area contributed by atoms with E-state index in [1.807, 2.05) is 13.0 Å². The first kappa shape index (κ1) is 17.0. The van der Waals surface area contributed by atoms with Gasteiger partial charge >= 0.3 is 5.97 Å². The van der Waals surface area contributed by atoms with E-state index in [1.54, 1.807) is 0 Å². The summed E-state index contributed by atoms with van der Waals surface area (Å²) in [5.74, 6) is -0.174. The molecule has 4 nitrogen and oxygen atoms in total. The Morgan fingerprint density at radius 2 is 2.27 bits per heavy atom. The lowest BCUT2D eigenvalue weighted by Gasteiger charge is -2.26. The highest BCUT2D eigenvalue weighted by Gasteiger charge is 2.17. The average molecular weight is 368 g/mol. The van der Waals surface area contributed by atoms with Gasteiger partial charge in [0, 0.05) is 28.8 Å². The van der Waals surface area contributed by atoms with E-state index in [-0.39, 0.29) is 5.97 Å². The first-order chi connectivity index (χ1) is 10.6. The van der Waals surface area contributed by atoms with Gasteiger partial charge in [-0.05, 0) is 31.0 Å². The summed E-state index contributed by atoms with van der Waals surface area (Å²) in [6, 6.07) is 6.20. The van der Waals surface area contributed by atoms with Crippen molar-refractivity contribution < 1.29 is 14.3 Å². The molecule has 22 heavy (non-hydrogen) atoms. The van der Waals surface area contributed by atoms with Crippen molar-refractivity contribution in [2.75, 3.05) is 32.9 Å². The molecule has 0 unspecified atom stereocenters. The molecule has 5 heteroatoms. The monoisotopic (exact) mass is 367 g/mol. The maximum absolute atomic E-state index is 11.6. The van der Waals surface area contributed by atoms with Crippen LogP contribution < -0.4 is 0 Å². The van der Waals surface area contributed by atoms with Gasteiger partial charge in [0.25, 0.3) is 0 Å². The van der Waals surface area contributed by atoms with Crippen LogP contribution in [0, 0.1) is 0 Å². The molecule has 1 aliphatic rings. The molecule has 2 rings (SSSR count). The van der Waals surface area contributed by atoms with Gasteiger partial charge in [0.2, 0.25) is 0 Å². The molecule has 120 valence electrons. The molecule has 1 heterocycles. The number of halogens is 1. The summed E-state index contributed by atoms with van der Waals surface area (Å²) in [5, 5.41) is 0. The summed E-state index contributed by atoms with van der Waals surface area (Å²) >= 11 is 3.51. The summed E-state index contributed by atoms with van der Waals surface area (Å²) in [4.78, 5) is 13.7. The van der Waals surface area contributed by atoms with E-state index in [2.05, 4.69) is 39.5 Å². The van der Waals surface area contributed by atoms with Crippen molar-refractivity contribution in [2.24, 2.45) is 0 Å². The predicted molar refractivity (Wildman–Crippen MR) is 90.5 cm³/mol. The van der Waals surface area contributed by atoms with Gasteiger partial charge in [-0.1, -0.05) is 28.6 Å². The molecule has 1 aliphatic heterocycles. The van der Waals surface area contributed by atoms with E-state index in [9.17, 15) is 4.79 Å². The van der Waals surface area contributed by atoms with E-state index < -0.39 is 0 Å². The summed E-state index contributed by atoms with van der Waals surface area (Å²) in [6.07, 6.45) is 1.22. The molecular weight excluding hydrogens is 346 g/mol. The standard InChI is InChI=1S/C17H22BrNO3/c1-3-22-17(20)6-8-19-9-11-21-10-7-14-12-15(18)4-5-16(14)13(19)2/h4-5,12H,2-3,6-11H2,1H3. The molecule has 1 aromatic carbocycles. The van der Waals surface area contributed by atoms with Crippen molar-refractivity contribution in [1.82, 2.24) is 4.90 Å². The van der Waals surface area contributed by atoms with Crippen LogP contribution in [0.4, 0.5) is 0 Å². The van der Waals surface area contributed by atoms with E-state index >= 15 is 0 Å². The maximum atomic E-state index is 11.6. The van der Waals surface area contributed by atoms with Crippen molar-refractivity contribution >= 4 is 27.6 Å². The van der Waals surface area contributed by atoms with E-state index in [4.69, 9.17) is 9.47 Å². The molecule has 0 atom stereocenters. The molecule has 0 saturated heterocycles. The maximum Gasteiger partial charge on any atom is 0.307 e. The van der Waals surface area contributed by atoms with Gasteiger partial charge in [-0.15, -0.1) is 0 Å². The largest absolute Gasteiger partial charge is 0.466 e. The second kappa shape index (κ2) is 8.34. The Morgan fingerprint density at radius 3 is 3.05 bits per heavy atom. The molecule has 0 aliphatic carbocycles. The van der Waals surface area contributed by atoms with Gasteiger partial charge in [-0.3, -0.25) is 4.79 Å². The molecule has 0 bridgehead atoms. The Labute approximate surface area is 140 Å². The second-order valence-corrected chi connectivity index (χ2v) is 6.07. The fourth-order valence-electron chi connectivity index (χ4n) is 2.52. The fourth-order valence-corrected chi connectivity index (χ4v) is 2.93. The van der Waals surface area contributed by atoms with Gasteiger partial charge in [-0.2, -0.15) is 0 Å². The van der Waals surface area contributed by atoms with Crippen molar-refractivity contribution in [1.29, 1.82) is 0 Å². The first-order valence-electron chi connectivity index (χ1n) is 7.58. The minimum Gasteiger partial charge on any atom is -0.466 e. The number of hydrogen-bond acceptors (Lipinski definition) is 4. The van der Waals surface area contributed by atoms with Crippen molar-refractivity contribution in [2.45, 2.75) is 19.8 Å². The van der Waals surface area contributed by atoms with Crippen LogP contribution in [0.25, 0.3) is 5.70 Å². The average Bonchev–Trinajstić information content (AvgIpc) is 2.56. The van der Waals surface area contributed by atoms with Crippen LogP contribution in [0.1, 0.15) is 24.5 Å². The van der Waals surface area contributed by atoms with E-state index in [1.165, 1.54) is 5.56 Å². The lowest BCUT2D eigenvalue weighted by molar-refractivity contribution is -0.143. The topological polar surface area (TPSA) is 38.8 Å². The molecule has 0 amide bonds. The summed E-state index contributed by atoms with van der Waals surface area (Å²) in [6.45, 7) is 9.13. The minimum absolute atomic E-state index is 0.174. The van der Waals surface area contributed by atoms with Crippen LogP contribution >= 0.6 is 15.9 Å². The predicted octanol–water partition coefficient (Wildman–Crippen LogP) is 3.25. The SMILES string of the molecule is C=C1c2ccc(Br)cc2CCOCCN1CCC(=O)OCC. The van der Waals surface area contributed by atoms with E-state index in [0.717, 1.165) is 28.7 Å². The number of fused-ring (bicyclic) bond motifs is 1. The van der Waals surface area contributed by atoms with Gasteiger partial charge < -0.3 is 14.4 Å². The zero-order valence-corrected chi connectivity index (χ0v) is 14.5. The number of esters is 1. The number of ether oxygens (including phenoxy) is 2. The number of carbonyl (C=O) groups excluding carboxylic acids is 1. The number of benzene rings is 1. The Balaban J connectivity index is 2.14. The number of carbonyl (C=O) groups is 1. The third-order valence-corrected chi connectivity index (χ3v) is 4.17. The van der Waals surface area contributed by atoms with Gasteiger partial charge in [0.1, 0.15) is 0 Å². The smallest absolute Gasteiger partial charge is 0.307 e. The Morgan fingerprint density at radius 1 is 1.45 bits per heavy atom. The number of hydrogen-bond donors (Lipinski definition) is 0. The Bertz CT molecular complexity index is 545. The van der Waals surface area contributed by atoms with Crippen LogP contribution in [0.2, 0.25) is 0 Å². The highest BCUT2D eigenvalue weighted by Crippen LogP contribution is 2.26. The van der Waals surface area contributed by atoms with Crippen molar-refractivity contribution in [3.8, 4) is 0 Å². The number of rotatable bonds is 4. The highest BCUT2D eigenvalue weighted by molar-refractivity contribution is 9.10. The quantitative estimate of drug-likeness (QED) is 0.765. The minimum atomic E-state index is -0.174. The summed E-state index contributed by atoms with van der Waals surface area (Å²) in [5.41, 5.74) is 3.28. The fraction of sp³-hybridized carbons (Fsp3) is 0.471. The van der Waals surface area contributed by atoms with Crippen LogP contribution in [0.15, 0.2) is 29.3 Å². The third kappa shape index (κ3) is 4.58. The van der Waals surface area contributed by atoms with E-state index in [0.29, 0.717) is 32.8 Å². The molecule has 1 aromatic rings. The van der Waals surface area contributed by atoms with Crippen molar-refractivity contribution in [3.05, 3.63) is 40.4 Å². The summed E-state index contributed by atoms with van der Waals surface area (Å²) < 4.78 is 11.7. The van der Waals surface area contributed by atoms with Crippen LogP contribution in [0.3, 0.4) is 0 Å². The van der Waals surface area contributed by atoms with Gasteiger partial charge in [0.15, 0.2) is 0 Å². The van der Waals surface area contributed by atoms with Gasteiger partial charge in [0.05, 0.1) is 26.2 Å². The molecular formula is C17H22BrNO3. The lowest BCUT2D eigenvalue weighted by atomic mass is 10.0. The first-order valence-corrected chi connectivity index (χ1v) is 8.37. The van der Waals surface area contributed by atoms with Gasteiger partial charge in [-0.25, -0.2) is 0 Å². The second-order valence-electron chi connectivity index (χ2n) is 5.15. The Hall–Kier alpha value is -1.33. The molecule has 0 N–H and O–H groups in total. The molecule has 0 fully saturated rings. The lowest BCUT2D eigenvalue weighted by Crippen LogP contribution is -2.28.